The average molecular weight is 266 g/mol. The molecule has 1 unspecified atom stereocenters. The van der Waals surface area contributed by atoms with Crippen LogP contribution in [0.3, 0.4) is 0 Å². The zero-order valence-electron chi connectivity index (χ0n) is 11.1. The molecule has 1 aromatic carbocycles. The van der Waals surface area contributed by atoms with Crippen LogP contribution in [-0.4, -0.2) is 30.3 Å². The maximum atomic E-state index is 12.2. The number of carbonyl (C=O) groups excluding carboxylic acids is 1. The smallest absolute Gasteiger partial charge is 0.176 e. The molecule has 0 radical (unpaired) electrons. The van der Waals surface area contributed by atoms with E-state index >= 15 is 0 Å². The second-order valence-corrected chi connectivity index (χ2v) is 5.78. The summed E-state index contributed by atoms with van der Waals surface area (Å²) in [7, 11) is 0. The lowest BCUT2D eigenvalue weighted by Crippen LogP contribution is -2.37. The lowest BCUT2D eigenvalue weighted by Gasteiger charge is -2.30. The third kappa shape index (κ3) is 3.33. The summed E-state index contributed by atoms with van der Waals surface area (Å²) in [5.41, 5.74) is 1.74. The van der Waals surface area contributed by atoms with E-state index in [4.69, 9.17) is 11.6 Å². The number of piperidine rings is 1. The quantitative estimate of drug-likeness (QED) is 0.779. The molecule has 3 heteroatoms. The molecular formula is C15H20ClNO. The van der Waals surface area contributed by atoms with Gasteiger partial charge in [0.2, 0.25) is 0 Å². The van der Waals surface area contributed by atoms with E-state index in [0.717, 1.165) is 29.2 Å². The molecule has 1 atom stereocenters. The van der Waals surface area contributed by atoms with Gasteiger partial charge in [-0.2, -0.15) is 0 Å². The molecule has 0 amide bonds. The van der Waals surface area contributed by atoms with Gasteiger partial charge >= 0.3 is 0 Å². The van der Waals surface area contributed by atoms with Crippen molar-refractivity contribution in [1.82, 2.24) is 4.90 Å². The van der Waals surface area contributed by atoms with E-state index in [2.05, 4.69) is 11.8 Å². The first-order valence-electron chi connectivity index (χ1n) is 6.58. The Balaban J connectivity index is 2.00. The summed E-state index contributed by atoms with van der Waals surface area (Å²) in [5.74, 6) is 0.905. The summed E-state index contributed by atoms with van der Waals surface area (Å²) in [6.45, 7) is 6.80. The maximum absolute atomic E-state index is 12.2. The molecule has 18 heavy (non-hydrogen) atoms. The molecule has 0 aromatic heterocycles. The lowest BCUT2D eigenvalue weighted by molar-refractivity contribution is 0.0893. The second-order valence-electron chi connectivity index (χ2n) is 5.37. The van der Waals surface area contributed by atoms with Gasteiger partial charge in [0.05, 0.1) is 6.54 Å². The van der Waals surface area contributed by atoms with E-state index in [1.807, 2.05) is 25.1 Å². The number of rotatable bonds is 3. The number of likely N-dealkylation sites (tertiary alicyclic amines) is 1. The lowest BCUT2D eigenvalue weighted by atomic mass is 9.99. The van der Waals surface area contributed by atoms with Gasteiger partial charge in [0, 0.05) is 17.1 Å². The van der Waals surface area contributed by atoms with E-state index in [-0.39, 0.29) is 5.78 Å². The molecule has 1 fully saturated rings. The van der Waals surface area contributed by atoms with Crippen molar-refractivity contribution in [2.75, 3.05) is 19.6 Å². The predicted octanol–water partition coefficient (Wildman–Crippen LogP) is 3.56. The monoisotopic (exact) mass is 265 g/mol. The Morgan fingerprint density at radius 3 is 2.94 bits per heavy atom. The van der Waals surface area contributed by atoms with E-state index in [1.165, 1.54) is 12.8 Å². The van der Waals surface area contributed by atoms with Crippen LogP contribution in [0.5, 0.6) is 0 Å². The fraction of sp³-hybridized carbons (Fsp3) is 0.533. The summed E-state index contributed by atoms with van der Waals surface area (Å²) in [4.78, 5) is 14.5. The molecule has 1 heterocycles. The molecule has 1 aliphatic rings. The molecule has 0 aliphatic carbocycles. The summed E-state index contributed by atoms with van der Waals surface area (Å²) < 4.78 is 0. The third-order valence-electron chi connectivity index (χ3n) is 3.59. The molecule has 0 saturated carbocycles. The van der Waals surface area contributed by atoms with Crippen LogP contribution in [0, 0.1) is 12.8 Å². The van der Waals surface area contributed by atoms with Gasteiger partial charge in [-0.25, -0.2) is 0 Å². The van der Waals surface area contributed by atoms with Crippen LogP contribution in [-0.2, 0) is 0 Å². The number of benzene rings is 1. The van der Waals surface area contributed by atoms with Gasteiger partial charge in [-0.1, -0.05) is 18.5 Å². The van der Waals surface area contributed by atoms with Crippen molar-refractivity contribution < 1.29 is 4.79 Å². The van der Waals surface area contributed by atoms with Crippen molar-refractivity contribution in [3.63, 3.8) is 0 Å². The first-order chi connectivity index (χ1) is 8.56. The van der Waals surface area contributed by atoms with Gasteiger partial charge < -0.3 is 0 Å². The van der Waals surface area contributed by atoms with Crippen molar-refractivity contribution >= 4 is 17.4 Å². The zero-order chi connectivity index (χ0) is 13.1. The van der Waals surface area contributed by atoms with Gasteiger partial charge in [0.25, 0.3) is 0 Å². The molecule has 0 spiro atoms. The normalized spacial score (nSPS) is 20.9. The highest BCUT2D eigenvalue weighted by Crippen LogP contribution is 2.18. The van der Waals surface area contributed by atoms with Crippen LogP contribution >= 0.6 is 11.6 Å². The van der Waals surface area contributed by atoms with Crippen LogP contribution in [0.1, 0.15) is 35.7 Å². The van der Waals surface area contributed by atoms with Crippen molar-refractivity contribution in [2.24, 2.45) is 5.92 Å². The van der Waals surface area contributed by atoms with Crippen LogP contribution in [0.2, 0.25) is 5.02 Å². The van der Waals surface area contributed by atoms with Crippen LogP contribution in [0.4, 0.5) is 0 Å². The van der Waals surface area contributed by atoms with E-state index in [0.29, 0.717) is 12.5 Å². The summed E-state index contributed by atoms with van der Waals surface area (Å²) in [6, 6.07) is 5.52. The summed E-state index contributed by atoms with van der Waals surface area (Å²) in [5, 5.41) is 0.721. The fourth-order valence-corrected chi connectivity index (χ4v) is 2.66. The number of ketones is 1. The molecule has 0 N–H and O–H groups in total. The van der Waals surface area contributed by atoms with Crippen LogP contribution in [0.15, 0.2) is 18.2 Å². The van der Waals surface area contributed by atoms with Crippen molar-refractivity contribution in [1.29, 1.82) is 0 Å². The topological polar surface area (TPSA) is 20.3 Å². The molecule has 2 nitrogen and oxygen atoms in total. The minimum atomic E-state index is 0.198. The van der Waals surface area contributed by atoms with Crippen LogP contribution in [0.25, 0.3) is 0 Å². The number of nitrogens with zero attached hydrogens (tertiary/aromatic N) is 1. The Morgan fingerprint density at radius 1 is 1.50 bits per heavy atom. The van der Waals surface area contributed by atoms with Gasteiger partial charge in [-0.05, 0) is 56.0 Å². The molecular weight excluding hydrogens is 246 g/mol. The molecule has 1 saturated heterocycles. The second kappa shape index (κ2) is 5.85. The molecule has 2 rings (SSSR count). The number of hydrogen-bond donors (Lipinski definition) is 0. The highest BCUT2D eigenvalue weighted by Gasteiger charge is 2.19. The molecule has 98 valence electrons. The Bertz CT molecular complexity index is 444. The maximum Gasteiger partial charge on any atom is 0.176 e. The van der Waals surface area contributed by atoms with E-state index < -0.39 is 0 Å². The number of aryl methyl sites for hydroxylation is 1. The molecule has 0 bridgehead atoms. The third-order valence-corrected chi connectivity index (χ3v) is 4.01. The summed E-state index contributed by atoms with van der Waals surface area (Å²) >= 11 is 5.97. The highest BCUT2D eigenvalue weighted by molar-refractivity contribution is 6.31. The summed E-state index contributed by atoms with van der Waals surface area (Å²) in [6.07, 6.45) is 2.48. The predicted molar refractivity (Wildman–Crippen MR) is 75.4 cm³/mol. The van der Waals surface area contributed by atoms with Gasteiger partial charge in [0.1, 0.15) is 0 Å². The van der Waals surface area contributed by atoms with E-state index in [9.17, 15) is 4.79 Å². The number of halogens is 1. The minimum absolute atomic E-state index is 0.198. The Morgan fingerprint density at radius 2 is 2.28 bits per heavy atom. The number of hydrogen-bond acceptors (Lipinski definition) is 2. The first-order valence-corrected chi connectivity index (χ1v) is 6.96. The Hall–Kier alpha value is -0.860. The van der Waals surface area contributed by atoms with Gasteiger partial charge in [0.15, 0.2) is 5.78 Å². The average Bonchev–Trinajstić information content (AvgIpc) is 2.32. The molecule has 1 aromatic rings. The minimum Gasteiger partial charge on any atom is -0.296 e. The van der Waals surface area contributed by atoms with Gasteiger partial charge in [-0.3, -0.25) is 9.69 Å². The Labute approximate surface area is 114 Å². The Kier molecular flexibility index (Phi) is 4.41. The standard InChI is InChI=1S/C15H20ClNO/c1-11-4-3-7-17(9-11)10-15(18)13-5-6-14(16)12(2)8-13/h5-6,8,11H,3-4,7,9-10H2,1-2H3. The van der Waals surface area contributed by atoms with Crippen molar-refractivity contribution in [3.05, 3.63) is 34.3 Å². The van der Waals surface area contributed by atoms with Gasteiger partial charge in [-0.15, -0.1) is 0 Å². The van der Waals surface area contributed by atoms with Crippen molar-refractivity contribution in [3.8, 4) is 0 Å². The zero-order valence-corrected chi connectivity index (χ0v) is 11.8. The first kappa shape index (κ1) is 13.6. The fourth-order valence-electron chi connectivity index (χ4n) is 2.54. The molecule has 1 aliphatic heterocycles. The largest absolute Gasteiger partial charge is 0.296 e. The number of carbonyl (C=O) groups is 1. The number of Topliss-reactive ketones (excluding diaryl/α,β-unsaturated/α-hetero) is 1. The van der Waals surface area contributed by atoms with Crippen molar-refractivity contribution in [2.45, 2.75) is 26.7 Å². The van der Waals surface area contributed by atoms with Crippen LogP contribution < -0.4 is 0 Å². The van der Waals surface area contributed by atoms with E-state index in [1.54, 1.807) is 0 Å². The highest BCUT2D eigenvalue weighted by atomic mass is 35.5. The SMILES string of the molecule is Cc1cc(C(=O)CN2CCCC(C)C2)ccc1Cl.